The van der Waals surface area contributed by atoms with E-state index in [9.17, 15) is 16.8 Å². The number of pyridine rings is 1. The number of methoxy groups -OCH3 is 1. The van der Waals surface area contributed by atoms with Gasteiger partial charge < -0.3 is 9.64 Å². The molecule has 2 heterocycles. The van der Waals surface area contributed by atoms with Crippen LogP contribution in [0.2, 0.25) is 0 Å². The third-order valence-electron chi connectivity index (χ3n) is 5.36. The number of nitrogens with zero attached hydrogens (tertiary/aromatic N) is 2. The maximum atomic E-state index is 13.5. The van der Waals surface area contributed by atoms with Crippen LogP contribution in [0.15, 0.2) is 47.6 Å². The number of aromatic nitrogens is 1. The van der Waals surface area contributed by atoms with Crippen LogP contribution in [-0.2, 0) is 26.1 Å². The van der Waals surface area contributed by atoms with E-state index in [1.807, 2.05) is 17.0 Å². The summed E-state index contributed by atoms with van der Waals surface area (Å²) in [7, 11) is -4.18. The van der Waals surface area contributed by atoms with Crippen molar-refractivity contribution in [1.29, 1.82) is 0 Å². The molecule has 9 heteroatoms. The molecule has 2 aromatic rings. The maximum Gasteiger partial charge on any atom is 0.187 e. The molecule has 1 fully saturated rings. The summed E-state index contributed by atoms with van der Waals surface area (Å²) in [5.41, 5.74) is 1.83. The number of rotatable bonds is 7. The minimum Gasteiger partial charge on any atom is -0.495 e. The van der Waals surface area contributed by atoms with Crippen LogP contribution in [0, 0.1) is 6.92 Å². The van der Waals surface area contributed by atoms with E-state index in [0.29, 0.717) is 13.0 Å². The summed E-state index contributed by atoms with van der Waals surface area (Å²) in [5.74, 6) is -0.313. The molecule has 0 unspecified atom stereocenters. The lowest BCUT2D eigenvalue weighted by atomic mass is 10.1. The number of hydrogen-bond donors (Lipinski definition) is 0. The second kappa shape index (κ2) is 8.41. The average molecular weight is 439 g/mol. The zero-order valence-corrected chi connectivity index (χ0v) is 18.4. The molecule has 0 N–H and O–H groups in total. The second-order valence-corrected chi connectivity index (χ2v) is 11.8. The lowest BCUT2D eigenvalue weighted by Crippen LogP contribution is -2.45. The van der Waals surface area contributed by atoms with Gasteiger partial charge in [0.1, 0.15) is 10.6 Å². The molecule has 0 spiro atoms. The van der Waals surface area contributed by atoms with E-state index in [4.69, 9.17) is 4.74 Å². The Morgan fingerprint density at radius 3 is 2.52 bits per heavy atom. The van der Waals surface area contributed by atoms with Crippen LogP contribution in [-0.4, -0.2) is 70.2 Å². The van der Waals surface area contributed by atoms with Gasteiger partial charge in [-0.15, -0.1) is 0 Å². The van der Waals surface area contributed by atoms with Crippen molar-refractivity contribution in [2.75, 3.05) is 32.2 Å². The van der Waals surface area contributed by atoms with Crippen LogP contribution < -0.4 is 4.74 Å². The number of aryl methyl sites for hydroxylation is 1. The zero-order valence-electron chi connectivity index (χ0n) is 16.8. The quantitative estimate of drug-likeness (QED) is 0.647. The molecule has 158 valence electrons. The highest BCUT2D eigenvalue weighted by atomic mass is 32.2. The molecule has 1 aliphatic heterocycles. The van der Waals surface area contributed by atoms with Crippen molar-refractivity contribution < 1.29 is 21.6 Å². The predicted octanol–water partition coefficient (Wildman–Crippen LogP) is 1.51. The van der Waals surface area contributed by atoms with E-state index in [1.165, 1.54) is 7.11 Å². The molecular formula is C20H26N2O5S2. The van der Waals surface area contributed by atoms with Crippen molar-refractivity contribution in [3.05, 3.63) is 53.9 Å². The summed E-state index contributed by atoms with van der Waals surface area (Å²) >= 11 is 0. The SMILES string of the molecule is COc1ccc(C)cc1S(=O)(=O)[C@H]1CS(=O)(=O)C[C@H]1N(C)CCc1ccncc1. The van der Waals surface area contributed by atoms with Crippen LogP contribution in [0.3, 0.4) is 0 Å². The van der Waals surface area contributed by atoms with Gasteiger partial charge in [0.05, 0.1) is 23.9 Å². The average Bonchev–Trinajstić information content (AvgIpc) is 3.03. The van der Waals surface area contributed by atoms with E-state index < -0.39 is 31.0 Å². The van der Waals surface area contributed by atoms with E-state index in [-0.39, 0.29) is 22.2 Å². The normalized spacial score (nSPS) is 21.4. The van der Waals surface area contributed by atoms with Gasteiger partial charge in [-0.05, 0) is 55.8 Å². The fourth-order valence-corrected chi connectivity index (χ4v) is 8.85. The molecule has 0 saturated carbocycles. The fourth-order valence-electron chi connectivity index (χ4n) is 3.69. The third-order valence-corrected chi connectivity index (χ3v) is 9.50. The highest BCUT2D eigenvalue weighted by Crippen LogP contribution is 2.33. The minimum atomic E-state index is -3.91. The first kappa shape index (κ1) is 21.7. The standard InChI is InChI=1S/C20H26N2O5S2/c1-15-4-5-18(27-3)19(12-15)29(25,26)20-14-28(23,24)13-17(20)22(2)11-8-16-6-9-21-10-7-16/h4-7,9-10,12,17,20H,8,11,13-14H2,1-3H3/t17-,20+/m1/s1. The summed E-state index contributed by atoms with van der Waals surface area (Å²) in [6.07, 6.45) is 4.08. The highest BCUT2D eigenvalue weighted by molar-refractivity contribution is 7.96. The minimum absolute atomic E-state index is 0.0506. The van der Waals surface area contributed by atoms with E-state index in [2.05, 4.69) is 4.98 Å². The summed E-state index contributed by atoms with van der Waals surface area (Å²) in [4.78, 5) is 5.88. The molecule has 1 aromatic carbocycles. The number of sulfone groups is 2. The van der Waals surface area contributed by atoms with Crippen molar-refractivity contribution in [3.63, 3.8) is 0 Å². The first-order valence-corrected chi connectivity index (χ1v) is 12.7. The Labute approximate surface area is 172 Å². The van der Waals surface area contributed by atoms with Crippen LogP contribution in [0.1, 0.15) is 11.1 Å². The van der Waals surface area contributed by atoms with Crippen molar-refractivity contribution >= 4 is 19.7 Å². The Hall–Kier alpha value is -1.97. The van der Waals surface area contributed by atoms with Gasteiger partial charge in [0.25, 0.3) is 0 Å². The monoisotopic (exact) mass is 438 g/mol. The molecular weight excluding hydrogens is 412 g/mol. The Morgan fingerprint density at radius 1 is 1.17 bits per heavy atom. The molecule has 0 radical (unpaired) electrons. The third kappa shape index (κ3) is 4.79. The van der Waals surface area contributed by atoms with Crippen molar-refractivity contribution in [2.45, 2.75) is 29.5 Å². The summed E-state index contributed by atoms with van der Waals surface area (Å²) < 4.78 is 57.0. The first-order chi connectivity index (χ1) is 13.6. The second-order valence-electron chi connectivity index (χ2n) is 7.47. The maximum absolute atomic E-state index is 13.5. The molecule has 7 nitrogen and oxygen atoms in total. The molecule has 0 aliphatic carbocycles. The highest BCUT2D eigenvalue weighted by Gasteiger charge is 2.48. The lowest BCUT2D eigenvalue weighted by Gasteiger charge is -2.28. The van der Waals surface area contributed by atoms with Crippen LogP contribution >= 0.6 is 0 Å². The van der Waals surface area contributed by atoms with Gasteiger partial charge >= 0.3 is 0 Å². The molecule has 0 amide bonds. The Balaban J connectivity index is 1.90. The summed E-state index contributed by atoms with van der Waals surface area (Å²) in [6.45, 7) is 2.34. The molecule has 1 saturated heterocycles. The summed E-state index contributed by atoms with van der Waals surface area (Å²) in [5, 5.41) is -1.04. The van der Waals surface area contributed by atoms with E-state index in [1.54, 1.807) is 44.6 Å². The van der Waals surface area contributed by atoms with Crippen molar-refractivity contribution in [2.24, 2.45) is 0 Å². The Kier molecular flexibility index (Phi) is 6.30. The molecule has 3 rings (SSSR count). The van der Waals surface area contributed by atoms with Gasteiger partial charge in [-0.3, -0.25) is 4.98 Å². The number of benzene rings is 1. The summed E-state index contributed by atoms with van der Waals surface area (Å²) in [6, 6.07) is 8.09. The van der Waals surface area contributed by atoms with E-state index in [0.717, 1.165) is 11.1 Å². The van der Waals surface area contributed by atoms with Gasteiger partial charge in [0, 0.05) is 25.0 Å². The Morgan fingerprint density at radius 2 is 1.86 bits per heavy atom. The van der Waals surface area contributed by atoms with Gasteiger partial charge in [-0.2, -0.15) is 0 Å². The van der Waals surface area contributed by atoms with Gasteiger partial charge in [0.2, 0.25) is 0 Å². The van der Waals surface area contributed by atoms with Crippen molar-refractivity contribution in [3.8, 4) is 5.75 Å². The molecule has 1 aliphatic rings. The molecule has 1 aromatic heterocycles. The molecule has 0 bridgehead atoms. The topological polar surface area (TPSA) is 93.6 Å². The number of ether oxygens (including phenoxy) is 1. The van der Waals surface area contributed by atoms with Crippen LogP contribution in [0.5, 0.6) is 5.75 Å². The van der Waals surface area contributed by atoms with Gasteiger partial charge in [0.15, 0.2) is 19.7 Å². The molecule has 2 atom stereocenters. The number of likely N-dealkylation sites (N-methyl/N-ethyl adjacent to an activating group) is 1. The van der Waals surface area contributed by atoms with Gasteiger partial charge in [-0.25, -0.2) is 16.8 Å². The lowest BCUT2D eigenvalue weighted by molar-refractivity contribution is 0.266. The fraction of sp³-hybridized carbons (Fsp3) is 0.450. The van der Waals surface area contributed by atoms with E-state index >= 15 is 0 Å². The van der Waals surface area contributed by atoms with Crippen LogP contribution in [0.25, 0.3) is 0 Å². The Bertz CT molecular complexity index is 1070. The van der Waals surface area contributed by atoms with Crippen molar-refractivity contribution in [1.82, 2.24) is 9.88 Å². The zero-order chi connectivity index (χ0) is 21.2. The van der Waals surface area contributed by atoms with Gasteiger partial charge in [-0.1, -0.05) is 6.07 Å². The van der Waals surface area contributed by atoms with Crippen LogP contribution in [0.4, 0.5) is 0 Å². The molecule has 29 heavy (non-hydrogen) atoms. The first-order valence-electron chi connectivity index (χ1n) is 9.32. The largest absolute Gasteiger partial charge is 0.495 e. The number of hydrogen-bond acceptors (Lipinski definition) is 7. The predicted molar refractivity (Wildman–Crippen MR) is 112 cm³/mol. The smallest absolute Gasteiger partial charge is 0.187 e.